The minimum absolute atomic E-state index is 0.00985. The van der Waals surface area contributed by atoms with Gasteiger partial charge >= 0.3 is 0 Å². The average Bonchev–Trinajstić information content (AvgIpc) is 3.24. The molecule has 4 rings (SSSR count). The lowest BCUT2D eigenvalue weighted by molar-refractivity contribution is 0.102. The molecule has 0 fully saturated rings. The molecule has 3 aromatic heterocycles. The maximum Gasteiger partial charge on any atom is 0.260 e. The minimum Gasteiger partial charge on any atom is -0.361 e. The highest BCUT2D eigenvalue weighted by molar-refractivity contribution is 7.22. The fourth-order valence-corrected chi connectivity index (χ4v) is 3.72. The van der Waals surface area contributed by atoms with Crippen molar-refractivity contribution in [1.82, 2.24) is 20.1 Å². The quantitative estimate of drug-likeness (QED) is 0.581. The summed E-state index contributed by atoms with van der Waals surface area (Å²) >= 11 is 1.36. The van der Waals surface area contributed by atoms with E-state index in [-0.39, 0.29) is 11.4 Å². The van der Waals surface area contributed by atoms with Gasteiger partial charge in [0.1, 0.15) is 11.8 Å². The molecule has 0 saturated heterocycles. The van der Waals surface area contributed by atoms with Crippen molar-refractivity contribution in [3.63, 3.8) is 0 Å². The Balaban J connectivity index is 1.69. The normalized spacial score (nSPS) is 10.7. The van der Waals surface area contributed by atoms with Crippen LogP contribution in [0.5, 0.6) is 0 Å². The topological polar surface area (TPSA) is 118 Å². The van der Waals surface area contributed by atoms with Crippen molar-refractivity contribution < 1.29 is 9.32 Å². The van der Waals surface area contributed by atoms with E-state index in [0.29, 0.717) is 5.13 Å². The van der Waals surface area contributed by atoms with E-state index >= 15 is 0 Å². The van der Waals surface area contributed by atoms with Crippen LogP contribution in [0.1, 0.15) is 27.6 Å². The van der Waals surface area contributed by atoms with Crippen LogP contribution in [0, 0.1) is 25.2 Å². The summed E-state index contributed by atoms with van der Waals surface area (Å²) in [6, 6.07) is 7.58. The van der Waals surface area contributed by atoms with Crippen LogP contribution in [0.2, 0.25) is 0 Å². The fraction of sp³-hybridized carbons (Fsp3) is 0.111. The van der Waals surface area contributed by atoms with Gasteiger partial charge in [0, 0.05) is 23.5 Å². The summed E-state index contributed by atoms with van der Waals surface area (Å²) in [5, 5.41) is 16.0. The number of nitrogens with zero attached hydrogens (tertiary/aromatic N) is 5. The van der Waals surface area contributed by atoms with Gasteiger partial charge in [0.2, 0.25) is 5.82 Å². The predicted octanol–water partition coefficient (Wildman–Crippen LogP) is 3.48. The number of rotatable bonds is 3. The molecule has 132 valence electrons. The van der Waals surface area contributed by atoms with Gasteiger partial charge in [-0.3, -0.25) is 10.1 Å². The van der Waals surface area contributed by atoms with Crippen molar-refractivity contribution in [2.75, 3.05) is 5.32 Å². The highest BCUT2D eigenvalue weighted by Crippen LogP contribution is 2.37. The molecule has 27 heavy (non-hydrogen) atoms. The van der Waals surface area contributed by atoms with E-state index in [9.17, 15) is 4.79 Å². The summed E-state index contributed by atoms with van der Waals surface area (Å²) in [6.45, 7) is 3.75. The van der Waals surface area contributed by atoms with Crippen molar-refractivity contribution in [2.45, 2.75) is 13.8 Å². The number of aryl methyl sites for hydroxylation is 2. The van der Waals surface area contributed by atoms with Crippen molar-refractivity contribution >= 4 is 32.6 Å². The maximum atomic E-state index is 12.4. The third kappa shape index (κ3) is 3.02. The zero-order valence-electron chi connectivity index (χ0n) is 14.3. The number of anilines is 1. The SMILES string of the molecule is Cc1noc(C)c1-c1cccc2nc(NC(=O)c3cnc(C#N)nc3)sc12. The summed E-state index contributed by atoms with van der Waals surface area (Å²) in [5.41, 5.74) is 3.71. The molecule has 3 heterocycles. The number of carbonyl (C=O) groups is 1. The van der Waals surface area contributed by atoms with Crippen LogP contribution < -0.4 is 5.32 Å². The lowest BCUT2D eigenvalue weighted by Gasteiger charge is -2.01. The number of carbonyl (C=O) groups excluding carboxylic acids is 1. The lowest BCUT2D eigenvalue weighted by Crippen LogP contribution is -2.12. The molecule has 8 nitrogen and oxygen atoms in total. The Morgan fingerprint density at radius 3 is 2.70 bits per heavy atom. The molecule has 0 unspecified atom stereocenters. The first kappa shape index (κ1) is 16.8. The summed E-state index contributed by atoms with van der Waals surface area (Å²) in [5.74, 6) is 0.349. The molecule has 0 atom stereocenters. The number of nitrogens with one attached hydrogen (secondary N) is 1. The Kier molecular flexibility index (Phi) is 4.10. The standard InChI is InChI=1S/C18H12N6O2S/c1-9-15(10(2)26-24-9)12-4-3-5-13-16(12)27-18(22-13)23-17(25)11-7-20-14(6-19)21-8-11/h3-5,7-8H,1-2H3,(H,22,23,25). The van der Waals surface area contributed by atoms with Crippen LogP contribution in [-0.4, -0.2) is 26.0 Å². The van der Waals surface area contributed by atoms with Crippen molar-refractivity contribution in [1.29, 1.82) is 5.26 Å². The number of hydrogen-bond acceptors (Lipinski definition) is 8. The van der Waals surface area contributed by atoms with E-state index in [2.05, 4.69) is 25.4 Å². The number of amides is 1. The summed E-state index contributed by atoms with van der Waals surface area (Å²) in [6.07, 6.45) is 2.62. The lowest BCUT2D eigenvalue weighted by atomic mass is 10.0. The molecule has 0 saturated carbocycles. The van der Waals surface area contributed by atoms with Gasteiger partial charge in [-0.15, -0.1) is 0 Å². The van der Waals surface area contributed by atoms with Crippen LogP contribution in [-0.2, 0) is 0 Å². The van der Waals surface area contributed by atoms with Gasteiger partial charge in [0.15, 0.2) is 5.13 Å². The second kappa shape index (κ2) is 6.59. The van der Waals surface area contributed by atoms with E-state index in [0.717, 1.165) is 32.8 Å². The Bertz CT molecular complexity index is 1180. The summed E-state index contributed by atoms with van der Waals surface area (Å²) < 4.78 is 6.20. The van der Waals surface area contributed by atoms with E-state index < -0.39 is 5.91 Å². The number of nitriles is 1. The van der Waals surface area contributed by atoms with Crippen LogP contribution in [0.25, 0.3) is 21.3 Å². The molecular formula is C18H12N6O2S. The van der Waals surface area contributed by atoms with Gasteiger partial charge in [0.05, 0.1) is 21.5 Å². The van der Waals surface area contributed by atoms with E-state index in [1.807, 2.05) is 38.1 Å². The third-order valence-corrected chi connectivity index (χ3v) is 4.97. The molecule has 9 heteroatoms. The average molecular weight is 376 g/mol. The summed E-state index contributed by atoms with van der Waals surface area (Å²) in [4.78, 5) is 24.5. The molecule has 0 aliphatic carbocycles. The Labute approximate surface area is 157 Å². The predicted molar refractivity (Wildman–Crippen MR) is 99.3 cm³/mol. The Hall–Kier alpha value is -3.64. The highest BCUT2D eigenvalue weighted by atomic mass is 32.1. The van der Waals surface area contributed by atoms with Gasteiger partial charge in [-0.2, -0.15) is 5.26 Å². The molecule has 0 radical (unpaired) electrons. The van der Waals surface area contributed by atoms with E-state index in [1.165, 1.54) is 23.7 Å². The molecule has 1 aromatic carbocycles. The molecule has 4 aromatic rings. The first-order chi connectivity index (χ1) is 13.1. The second-order valence-electron chi connectivity index (χ2n) is 5.73. The number of thiazole rings is 1. The first-order valence-electron chi connectivity index (χ1n) is 7.93. The number of hydrogen-bond donors (Lipinski definition) is 1. The molecule has 1 N–H and O–H groups in total. The molecule has 0 aliphatic rings. The monoisotopic (exact) mass is 376 g/mol. The van der Waals surface area contributed by atoms with Gasteiger partial charge < -0.3 is 4.52 Å². The zero-order chi connectivity index (χ0) is 19.0. The van der Waals surface area contributed by atoms with E-state index in [1.54, 1.807) is 0 Å². The molecule has 0 bridgehead atoms. The van der Waals surface area contributed by atoms with Gasteiger partial charge in [-0.25, -0.2) is 15.0 Å². The highest BCUT2D eigenvalue weighted by Gasteiger charge is 2.18. The van der Waals surface area contributed by atoms with E-state index in [4.69, 9.17) is 9.78 Å². The molecule has 0 aliphatic heterocycles. The number of benzene rings is 1. The second-order valence-corrected chi connectivity index (χ2v) is 6.73. The third-order valence-electron chi connectivity index (χ3n) is 3.95. The summed E-state index contributed by atoms with van der Waals surface area (Å²) in [7, 11) is 0. The van der Waals surface area contributed by atoms with Crippen molar-refractivity contribution in [3.8, 4) is 17.2 Å². The van der Waals surface area contributed by atoms with Crippen molar-refractivity contribution in [3.05, 3.63) is 53.4 Å². The maximum absolute atomic E-state index is 12.4. The number of aromatic nitrogens is 4. The fourth-order valence-electron chi connectivity index (χ4n) is 2.74. The van der Waals surface area contributed by atoms with Crippen LogP contribution in [0.15, 0.2) is 35.1 Å². The minimum atomic E-state index is -0.391. The van der Waals surface area contributed by atoms with Gasteiger partial charge in [0.25, 0.3) is 5.91 Å². The van der Waals surface area contributed by atoms with Gasteiger partial charge in [-0.05, 0) is 19.9 Å². The Morgan fingerprint density at radius 1 is 1.26 bits per heavy atom. The number of fused-ring (bicyclic) bond motifs is 1. The molecular weight excluding hydrogens is 364 g/mol. The van der Waals surface area contributed by atoms with Crippen LogP contribution in [0.3, 0.4) is 0 Å². The van der Waals surface area contributed by atoms with Crippen molar-refractivity contribution in [2.24, 2.45) is 0 Å². The zero-order valence-corrected chi connectivity index (χ0v) is 15.2. The van der Waals surface area contributed by atoms with Gasteiger partial charge in [-0.1, -0.05) is 28.6 Å². The van der Waals surface area contributed by atoms with Crippen LogP contribution in [0.4, 0.5) is 5.13 Å². The molecule has 1 amide bonds. The smallest absolute Gasteiger partial charge is 0.260 e. The molecule has 0 spiro atoms. The van der Waals surface area contributed by atoms with Crippen LogP contribution >= 0.6 is 11.3 Å². The first-order valence-corrected chi connectivity index (χ1v) is 8.74. The largest absolute Gasteiger partial charge is 0.361 e. The Morgan fingerprint density at radius 2 is 2.04 bits per heavy atom.